The third-order valence-electron chi connectivity index (χ3n) is 2.39. The molecule has 0 aliphatic rings. The van der Waals surface area contributed by atoms with Gasteiger partial charge in [-0.15, -0.1) is 0 Å². The van der Waals surface area contributed by atoms with E-state index in [9.17, 15) is 4.79 Å². The summed E-state index contributed by atoms with van der Waals surface area (Å²) in [5.41, 5.74) is 0.720. The Kier molecular flexibility index (Phi) is 5.44. The van der Waals surface area contributed by atoms with Crippen LogP contribution in [0.3, 0.4) is 0 Å². The number of methoxy groups -OCH3 is 1. The Balaban J connectivity index is 2.76. The number of benzene rings is 1. The third kappa shape index (κ3) is 4.02. The SMILES string of the molecule is CNCC(C)C(=O)Nc1cc(OC)ccc1Br. The zero-order chi connectivity index (χ0) is 12.8. The minimum Gasteiger partial charge on any atom is -0.497 e. The summed E-state index contributed by atoms with van der Waals surface area (Å²) in [5, 5.41) is 5.84. The molecule has 1 atom stereocenters. The first-order chi connectivity index (χ1) is 8.08. The van der Waals surface area contributed by atoms with E-state index in [4.69, 9.17) is 4.74 Å². The van der Waals surface area contributed by atoms with Crippen molar-refractivity contribution in [2.75, 3.05) is 26.0 Å². The topological polar surface area (TPSA) is 50.4 Å². The molecule has 0 saturated carbocycles. The van der Waals surface area contributed by atoms with Gasteiger partial charge < -0.3 is 15.4 Å². The van der Waals surface area contributed by atoms with Crippen LogP contribution in [0.25, 0.3) is 0 Å². The van der Waals surface area contributed by atoms with Gasteiger partial charge in [-0.2, -0.15) is 0 Å². The lowest BCUT2D eigenvalue weighted by Gasteiger charge is -2.13. The second-order valence-electron chi connectivity index (χ2n) is 3.79. The van der Waals surface area contributed by atoms with Crippen LogP contribution in [0.15, 0.2) is 22.7 Å². The van der Waals surface area contributed by atoms with E-state index in [2.05, 4.69) is 26.6 Å². The van der Waals surface area contributed by atoms with Crippen molar-refractivity contribution in [2.24, 2.45) is 5.92 Å². The number of hydrogen-bond donors (Lipinski definition) is 2. The largest absolute Gasteiger partial charge is 0.497 e. The molecule has 94 valence electrons. The molecule has 0 heterocycles. The first kappa shape index (κ1) is 14.0. The molecule has 0 fully saturated rings. The zero-order valence-corrected chi connectivity index (χ0v) is 11.8. The molecule has 0 aliphatic heterocycles. The van der Waals surface area contributed by atoms with Crippen LogP contribution in [0.1, 0.15) is 6.92 Å². The summed E-state index contributed by atoms with van der Waals surface area (Å²) in [6, 6.07) is 5.46. The smallest absolute Gasteiger partial charge is 0.228 e. The summed E-state index contributed by atoms with van der Waals surface area (Å²) < 4.78 is 5.95. The van der Waals surface area contributed by atoms with Crippen molar-refractivity contribution < 1.29 is 9.53 Å². The molecular weight excluding hydrogens is 284 g/mol. The first-order valence-electron chi connectivity index (χ1n) is 5.37. The average molecular weight is 301 g/mol. The summed E-state index contributed by atoms with van der Waals surface area (Å²) in [6.07, 6.45) is 0. The van der Waals surface area contributed by atoms with Crippen LogP contribution >= 0.6 is 15.9 Å². The van der Waals surface area contributed by atoms with Gasteiger partial charge in [0, 0.05) is 23.0 Å². The van der Waals surface area contributed by atoms with E-state index < -0.39 is 0 Å². The maximum atomic E-state index is 11.8. The van der Waals surface area contributed by atoms with Gasteiger partial charge in [-0.1, -0.05) is 6.92 Å². The summed E-state index contributed by atoms with van der Waals surface area (Å²) in [6.45, 7) is 2.52. The van der Waals surface area contributed by atoms with Gasteiger partial charge in [-0.25, -0.2) is 0 Å². The van der Waals surface area contributed by atoms with Gasteiger partial charge in [0.05, 0.1) is 12.8 Å². The molecule has 0 bridgehead atoms. The highest BCUT2D eigenvalue weighted by molar-refractivity contribution is 9.10. The molecule has 0 aromatic heterocycles. The maximum absolute atomic E-state index is 11.8. The van der Waals surface area contributed by atoms with Crippen LogP contribution < -0.4 is 15.4 Å². The quantitative estimate of drug-likeness (QED) is 0.877. The summed E-state index contributed by atoms with van der Waals surface area (Å²) in [5.74, 6) is 0.608. The van der Waals surface area contributed by atoms with Crippen molar-refractivity contribution in [3.63, 3.8) is 0 Å². The van der Waals surface area contributed by atoms with Gasteiger partial charge in [0.25, 0.3) is 0 Å². The van der Waals surface area contributed by atoms with E-state index in [-0.39, 0.29) is 11.8 Å². The molecule has 1 rings (SSSR count). The number of rotatable bonds is 5. The number of nitrogens with one attached hydrogen (secondary N) is 2. The van der Waals surface area contributed by atoms with Gasteiger partial charge in [-0.05, 0) is 35.1 Å². The van der Waals surface area contributed by atoms with Crippen molar-refractivity contribution in [1.29, 1.82) is 0 Å². The Morgan fingerprint density at radius 3 is 2.82 bits per heavy atom. The van der Waals surface area contributed by atoms with Crippen molar-refractivity contribution >= 4 is 27.5 Å². The molecular formula is C12H17BrN2O2. The van der Waals surface area contributed by atoms with Crippen molar-refractivity contribution in [2.45, 2.75) is 6.92 Å². The lowest BCUT2D eigenvalue weighted by atomic mass is 10.1. The van der Waals surface area contributed by atoms with E-state index in [1.807, 2.05) is 26.1 Å². The molecule has 4 nitrogen and oxygen atoms in total. The van der Waals surface area contributed by atoms with E-state index in [1.54, 1.807) is 13.2 Å². The number of amides is 1. The Morgan fingerprint density at radius 2 is 2.24 bits per heavy atom. The van der Waals surface area contributed by atoms with Crippen LogP contribution in [-0.4, -0.2) is 26.6 Å². The molecule has 0 radical (unpaired) electrons. The van der Waals surface area contributed by atoms with E-state index in [1.165, 1.54) is 0 Å². The molecule has 0 spiro atoms. The molecule has 0 saturated heterocycles. The Hall–Kier alpha value is -1.07. The fourth-order valence-electron chi connectivity index (χ4n) is 1.38. The molecule has 5 heteroatoms. The van der Waals surface area contributed by atoms with Gasteiger partial charge in [0.15, 0.2) is 0 Å². The number of carbonyl (C=O) groups is 1. The molecule has 1 aromatic carbocycles. The van der Waals surface area contributed by atoms with Gasteiger partial charge >= 0.3 is 0 Å². The highest BCUT2D eigenvalue weighted by Crippen LogP contribution is 2.27. The molecule has 1 amide bonds. The lowest BCUT2D eigenvalue weighted by Crippen LogP contribution is -2.28. The summed E-state index contributed by atoms with van der Waals surface area (Å²) in [4.78, 5) is 11.8. The van der Waals surface area contributed by atoms with Crippen LogP contribution in [0.5, 0.6) is 5.75 Å². The number of ether oxygens (including phenoxy) is 1. The van der Waals surface area contributed by atoms with Gasteiger partial charge in [0.2, 0.25) is 5.91 Å². The number of carbonyl (C=O) groups excluding carboxylic acids is 1. The van der Waals surface area contributed by atoms with Crippen LogP contribution in [0.2, 0.25) is 0 Å². The molecule has 1 aromatic rings. The number of halogens is 1. The van der Waals surface area contributed by atoms with Crippen molar-refractivity contribution in [3.05, 3.63) is 22.7 Å². The normalized spacial score (nSPS) is 12.0. The summed E-state index contributed by atoms with van der Waals surface area (Å²) >= 11 is 3.39. The fraction of sp³-hybridized carbons (Fsp3) is 0.417. The third-order valence-corrected chi connectivity index (χ3v) is 3.08. The van der Waals surface area contributed by atoms with Crippen LogP contribution in [0, 0.1) is 5.92 Å². The molecule has 17 heavy (non-hydrogen) atoms. The van der Waals surface area contributed by atoms with Crippen molar-refractivity contribution in [3.8, 4) is 5.75 Å². The van der Waals surface area contributed by atoms with E-state index in [0.29, 0.717) is 12.3 Å². The molecule has 2 N–H and O–H groups in total. The Labute approximate surface area is 110 Å². The van der Waals surface area contributed by atoms with E-state index >= 15 is 0 Å². The molecule has 0 aliphatic carbocycles. The lowest BCUT2D eigenvalue weighted by molar-refractivity contribution is -0.119. The fourth-order valence-corrected chi connectivity index (χ4v) is 1.73. The first-order valence-corrected chi connectivity index (χ1v) is 6.16. The Bertz CT molecular complexity index is 396. The van der Waals surface area contributed by atoms with Crippen LogP contribution in [-0.2, 0) is 4.79 Å². The predicted molar refractivity (Wildman–Crippen MR) is 72.4 cm³/mol. The second-order valence-corrected chi connectivity index (χ2v) is 4.65. The van der Waals surface area contributed by atoms with Gasteiger partial charge in [-0.3, -0.25) is 4.79 Å². The number of anilines is 1. The summed E-state index contributed by atoms with van der Waals surface area (Å²) in [7, 11) is 3.42. The number of hydrogen-bond acceptors (Lipinski definition) is 3. The predicted octanol–water partition coefficient (Wildman–Crippen LogP) is 2.25. The van der Waals surface area contributed by atoms with Crippen LogP contribution in [0.4, 0.5) is 5.69 Å². The van der Waals surface area contributed by atoms with E-state index in [0.717, 1.165) is 10.2 Å². The highest BCUT2D eigenvalue weighted by atomic mass is 79.9. The molecule has 1 unspecified atom stereocenters. The second kappa shape index (κ2) is 6.61. The highest BCUT2D eigenvalue weighted by Gasteiger charge is 2.13. The average Bonchev–Trinajstić information content (AvgIpc) is 2.32. The minimum atomic E-state index is -0.0851. The standard InChI is InChI=1S/C12H17BrN2O2/c1-8(7-14-2)12(16)15-11-6-9(17-3)4-5-10(11)13/h4-6,8,14H,7H2,1-3H3,(H,15,16). The monoisotopic (exact) mass is 300 g/mol. The zero-order valence-electron chi connectivity index (χ0n) is 10.2. The minimum absolute atomic E-state index is 0.0201. The van der Waals surface area contributed by atoms with Gasteiger partial charge in [0.1, 0.15) is 5.75 Å². The van der Waals surface area contributed by atoms with Crippen molar-refractivity contribution in [1.82, 2.24) is 5.32 Å². The maximum Gasteiger partial charge on any atom is 0.228 e. The Morgan fingerprint density at radius 1 is 1.53 bits per heavy atom.